The summed E-state index contributed by atoms with van der Waals surface area (Å²) < 4.78 is 24.7. The van der Waals surface area contributed by atoms with E-state index >= 15 is 0 Å². The lowest BCUT2D eigenvalue weighted by Gasteiger charge is -2.04. The Balaban J connectivity index is 1.63. The fourth-order valence-electron chi connectivity index (χ4n) is 2.81. The highest BCUT2D eigenvalue weighted by atomic mass is 19.1. The molecular formula is C29H23FO4. The Bertz CT molecular complexity index is 1270. The van der Waals surface area contributed by atoms with Crippen molar-refractivity contribution in [1.29, 1.82) is 0 Å². The molecule has 0 amide bonds. The van der Waals surface area contributed by atoms with E-state index in [0.717, 1.165) is 17.2 Å². The molecule has 4 nitrogen and oxygen atoms in total. The molecule has 0 heterocycles. The third-order valence-corrected chi connectivity index (χ3v) is 4.65. The molecular weight excluding hydrogens is 431 g/mol. The van der Waals surface area contributed by atoms with Crippen molar-refractivity contribution in [2.45, 2.75) is 6.92 Å². The number of rotatable bonds is 8. The summed E-state index contributed by atoms with van der Waals surface area (Å²) in [5, 5.41) is 0. The molecule has 3 rings (SSSR count). The summed E-state index contributed by atoms with van der Waals surface area (Å²) in [5.74, 6) is -0.511. The Morgan fingerprint density at radius 3 is 1.79 bits per heavy atom. The maximum Gasteiger partial charge on any atom is 0.338 e. The monoisotopic (exact) mass is 454 g/mol. The molecule has 0 fully saturated rings. The summed E-state index contributed by atoms with van der Waals surface area (Å²) in [6.45, 7) is 8.49. The van der Waals surface area contributed by atoms with E-state index in [4.69, 9.17) is 9.47 Å². The zero-order valence-electron chi connectivity index (χ0n) is 18.7. The Kier molecular flexibility index (Phi) is 8.08. The molecule has 3 aromatic rings. The van der Waals surface area contributed by atoms with E-state index in [-0.39, 0.29) is 5.82 Å². The minimum absolute atomic E-state index is 0.328. The Morgan fingerprint density at radius 2 is 1.26 bits per heavy atom. The Labute approximate surface area is 198 Å². The number of hydrogen-bond acceptors (Lipinski definition) is 4. The summed E-state index contributed by atoms with van der Waals surface area (Å²) in [5.41, 5.74) is 3.19. The number of hydrogen-bond donors (Lipinski definition) is 0. The van der Waals surface area contributed by atoms with Crippen LogP contribution in [0.25, 0.3) is 24.3 Å². The molecule has 0 N–H and O–H groups in total. The van der Waals surface area contributed by atoms with E-state index in [2.05, 4.69) is 13.2 Å². The first kappa shape index (κ1) is 24.1. The van der Waals surface area contributed by atoms with Crippen LogP contribution in [0.2, 0.25) is 0 Å². The van der Waals surface area contributed by atoms with Crippen LogP contribution in [-0.4, -0.2) is 11.9 Å². The van der Waals surface area contributed by atoms with Crippen molar-refractivity contribution in [3.05, 3.63) is 120 Å². The van der Waals surface area contributed by atoms with Crippen molar-refractivity contribution < 1.29 is 23.5 Å². The zero-order valence-corrected chi connectivity index (χ0v) is 18.7. The van der Waals surface area contributed by atoms with Crippen molar-refractivity contribution in [1.82, 2.24) is 0 Å². The van der Waals surface area contributed by atoms with Crippen LogP contribution in [-0.2, 0) is 9.59 Å². The summed E-state index contributed by atoms with van der Waals surface area (Å²) in [4.78, 5) is 22.8. The minimum atomic E-state index is -0.527. The fraction of sp³-hybridized carbons (Fsp3) is 0.0345. The number of carbonyl (C=O) groups is 2. The van der Waals surface area contributed by atoms with Crippen LogP contribution in [0.5, 0.6) is 11.5 Å². The summed E-state index contributed by atoms with van der Waals surface area (Å²) in [7, 11) is 0. The third kappa shape index (κ3) is 7.00. The topological polar surface area (TPSA) is 52.6 Å². The largest absolute Gasteiger partial charge is 0.423 e. The van der Waals surface area contributed by atoms with E-state index in [9.17, 15) is 14.0 Å². The van der Waals surface area contributed by atoms with Gasteiger partial charge in [-0.1, -0.05) is 73.9 Å². The van der Waals surface area contributed by atoms with E-state index in [1.165, 1.54) is 6.07 Å². The van der Waals surface area contributed by atoms with E-state index in [1.54, 1.807) is 79.7 Å². The van der Waals surface area contributed by atoms with Gasteiger partial charge in [0.05, 0.1) is 0 Å². The van der Waals surface area contributed by atoms with Crippen molar-refractivity contribution in [2.75, 3.05) is 0 Å². The van der Waals surface area contributed by atoms with Crippen LogP contribution in [0.1, 0.15) is 29.2 Å². The minimum Gasteiger partial charge on any atom is -0.423 e. The molecule has 0 saturated carbocycles. The van der Waals surface area contributed by atoms with Gasteiger partial charge in [0.15, 0.2) is 0 Å². The van der Waals surface area contributed by atoms with Crippen LogP contribution in [0.4, 0.5) is 4.39 Å². The smallest absolute Gasteiger partial charge is 0.338 e. The molecule has 0 spiro atoms. The molecule has 3 aromatic carbocycles. The molecule has 170 valence electrons. The van der Waals surface area contributed by atoms with E-state index in [1.807, 2.05) is 12.1 Å². The molecule has 0 aliphatic rings. The highest BCUT2D eigenvalue weighted by molar-refractivity contribution is 5.88. The van der Waals surface area contributed by atoms with Gasteiger partial charge < -0.3 is 9.47 Å². The molecule has 0 atom stereocenters. The van der Waals surface area contributed by atoms with Crippen molar-refractivity contribution in [3.63, 3.8) is 0 Å². The van der Waals surface area contributed by atoms with Crippen molar-refractivity contribution in [2.24, 2.45) is 0 Å². The molecule has 34 heavy (non-hydrogen) atoms. The van der Waals surface area contributed by atoms with Crippen LogP contribution in [0.3, 0.4) is 0 Å². The predicted molar refractivity (Wildman–Crippen MR) is 133 cm³/mol. The molecule has 0 aromatic heterocycles. The fourth-order valence-corrected chi connectivity index (χ4v) is 2.81. The summed E-state index contributed by atoms with van der Waals surface area (Å²) >= 11 is 0. The van der Waals surface area contributed by atoms with Crippen LogP contribution in [0, 0.1) is 5.82 Å². The average molecular weight is 454 g/mol. The normalized spacial score (nSPS) is 10.9. The van der Waals surface area contributed by atoms with Gasteiger partial charge in [-0.3, -0.25) is 0 Å². The summed E-state index contributed by atoms with van der Waals surface area (Å²) in [6, 6.07) is 18.8. The third-order valence-electron chi connectivity index (χ3n) is 4.65. The zero-order chi connectivity index (χ0) is 24.5. The first-order chi connectivity index (χ1) is 16.3. The van der Waals surface area contributed by atoms with Gasteiger partial charge in [-0.25, -0.2) is 14.0 Å². The second kappa shape index (κ2) is 11.4. The van der Waals surface area contributed by atoms with Gasteiger partial charge in [0.1, 0.15) is 17.3 Å². The van der Waals surface area contributed by atoms with Gasteiger partial charge in [0.25, 0.3) is 0 Å². The van der Waals surface area contributed by atoms with Crippen LogP contribution >= 0.6 is 0 Å². The molecule has 0 aliphatic carbocycles. The highest BCUT2D eigenvalue weighted by Gasteiger charge is 2.05. The molecule has 0 unspecified atom stereocenters. The highest BCUT2D eigenvalue weighted by Crippen LogP contribution is 2.19. The standard InChI is InChI=1S/C29H23FO4/c1-4-28(31)33-25-15-9-22(10-16-25)7-13-24-14-8-23(19-27(24)30)6-5-21-11-17-26(18-12-21)34-29(32)20(2)3/h4-19H,1-2H2,3H3. The van der Waals surface area contributed by atoms with Gasteiger partial charge in [0, 0.05) is 17.2 Å². The predicted octanol–water partition coefficient (Wildman–Crippen LogP) is 6.74. The lowest BCUT2D eigenvalue weighted by Crippen LogP contribution is -2.07. The van der Waals surface area contributed by atoms with Gasteiger partial charge in [-0.2, -0.15) is 0 Å². The number of carbonyl (C=O) groups excluding carboxylic acids is 2. The lowest BCUT2D eigenvalue weighted by atomic mass is 10.1. The molecule has 0 bridgehead atoms. The molecule has 0 radical (unpaired) electrons. The maximum atomic E-state index is 14.6. The van der Waals surface area contributed by atoms with Gasteiger partial charge in [-0.15, -0.1) is 0 Å². The quantitative estimate of drug-likeness (QED) is 0.164. The van der Waals surface area contributed by atoms with E-state index in [0.29, 0.717) is 28.2 Å². The van der Waals surface area contributed by atoms with Crippen LogP contribution < -0.4 is 9.47 Å². The maximum absolute atomic E-state index is 14.6. The number of esters is 2. The van der Waals surface area contributed by atoms with Gasteiger partial charge >= 0.3 is 11.9 Å². The summed E-state index contributed by atoms with van der Waals surface area (Å²) in [6.07, 6.45) is 8.19. The molecule has 0 saturated heterocycles. The number of halogens is 1. The van der Waals surface area contributed by atoms with Crippen molar-refractivity contribution in [3.8, 4) is 11.5 Å². The lowest BCUT2D eigenvalue weighted by molar-refractivity contribution is -0.130. The SMILES string of the molecule is C=CC(=O)Oc1ccc(C=Cc2ccc(C=Cc3ccc(OC(=O)C(=C)C)cc3)cc2F)cc1. The Morgan fingerprint density at radius 1 is 0.765 bits per heavy atom. The number of benzene rings is 3. The van der Waals surface area contributed by atoms with Gasteiger partial charge in [0.2, 0.25) is 0 Å². The second-order valence-corrected chi connectivity index (χ2v) is 7.38. The first-order valence-electron chi connectivity index (χ1n) is 10.4. The average Bonchev–Trinajstić information content (AvgIpc) is 2.83. The number of ether oxygens (including phenoxy) is 2. The van der Waals surface area contributed by atoms with Gasteiger partial charge in [-0.05, 0) is 53.9 Å². The van der Waals surface area contributed by atoms with Crippen LogP contribution in [0.15, 0.2) is 91.5 Å². The molecule has 0 aliphatic heterocycles. The first-order valence-corrected chi connectivity index (χ1v) is 10.4. The second-order valence-electron chi connectivity index (χ2n) is 7.38. The Hall–Kier alpha value is -4.51. The van der Waals surface area contributed by atoms with E-state index < -0.39 is 11.9 Å². The molecule has 5 heteroatoms. The van der Waals surface area contributed by atoms with Crippen molar-refractivity contribution >= 4 is 36.2 Å².